The van der Waals surface area contributed by atoms with Gasteiger partial charge in [0, 0.05) is 0 Å². The molecule has 0 atom stereocenters. The van der Waals surface area contributed by atoms with Gasteiger partial charge in [0.05, 0.1) is 0 Å². The summed E-state index contributed by atoms with van der Waals surface area (Å²) < 4.78 is 3.58. The summed E-state index contributed by atoms with van der Waals surface area (Å²) in [6, 6.07) is -0.480. The lowest BCUT2D eigenvalue weighted by atomic mass is 11.3. The largest absolute Gasteiger partial charge is 0.353 e. The van der Waals surface area contributed by atoms with Crippen LogP contribution < -0.4 is 5.73 Å². The van der Waals surface area contributed by atoms with Crippen LogP contribution in [0.4, 0.5) is 0 Å². The highest BCUT2D eigenvalue weighted by atomic mass is 35.5. The highest BCUT2D eigenvalue weighted by molar-refractivity contribution is 6.12. The minimum atomic E-state index is -0.480. The fourth-order valence-corrected chi connectivity index (χ4v) is 0. The zero-order valence-electron chi connectivity index (χ0n) is 2.36. The first-order chi connectivity index (χ1) is 2.27. The summed E-state index contributed by atoms with van der Waals surface area (Å²) >= 11 is 4.49. The van der Waals surface area contributed by atoms with Crippen LogP contribution in [-0.4, -0.2) is 6.02 Å². The molecule has 0 unspecified atom stereocenters. The van der Waals surface area contributed by atoms with Gasteiger partial charge in [-0.15, -0.1) is 0 Å². The lowest BCUT2D eigenvalue weighted by Crippen LogP contribution is -2.07. The molecule has 0 aromatic rings. The Labute approximate surface area is 34.4 Å². The van der Waals surface area contributed by atoms with Crippen molar-refractivity contribution < 1.29 is 4.29 Å². The number of amidine groups is 1. The van der Waals surface area contributed by atoms with Gasteiger partial charge in [0.2, 0.25) is 0 Å². The van der Waals surface area contributed by atoms with Crippen LogP contribution in [0.15, 0.2) is 0 Å². The second-order valence-corrected chi connectivity index (χ2v) is 0.596. The first-order valence-electron chi connectivity index (χ1n) is 0.897. The molecule has 0 heterocycles. The van der Waals surface area contributed by atoms with Crippen molar-refractivity contribution in [3.63, 3.8) is 0 Å². The molecule has 3 nitrogen and oxygen atoms in total. The lowest BCUT2D eigenvalue weighted by Gasteiger charge is -1.79. The second kappa shape index (κ2) is 1.84. The third-order valence-corrected chi connectivity index (χ3v) is 0.249. The Morgan fingerprint density at radius 2 is 2.20 bits per heavy atom. The number of nitrogens with two attached hydrogens (primary N) is 1. The van der Waals surface area contributed by atoms with Gasteiger partial charge < -0.3 is 10.0 Å². The van der Waals surface area contributed by atoms with E-state index in [1.54, 1.807) is 0 Å². The Hall–Kier alpha value is -0.440. The molecular weight excluding hydrogens is 91.5 g/mol. The average molecular weight is 94.5 g/mol. The van der Waals surface area contributed by atoms with Gasteiger partial charge in [0.25, 0.3) is 6.02 Å². The number of nitrogens with one attached hydrogen (secondary N) is 1. The zero-order valence-corrected chi connectivity index (χ0v) is 3.12. The normalized spacial score (nSPS) is 6.60. The third kappa shape index (κ3) is 3.56. The van der Waals surface area contributed by atoms with Gasteiger partial charge >= 0.3 is 0 Å². The fraction of sp³-hybridized carbons (Fsp3) is 0. The molecule has 0 amide bonds. The van der Waals surface area contributed by atoms with Gasteiger partial charge in [-0.1, -0.05) is 0 Å². The van der Waals surface area contributed by atoms with Crippen molar-refractivity contribution in [1.29, 1.82) is 5.41 Å². The smallest absolute Gasteiger partial charge is 0.299 e. The molecule has 0 saturated carbocycles. The Balaban J connectivity index is 2.85. The SMILES string of the molecule is N=C(N)OCl. The Kier molecular flexibility index (Phi) is 1.68. The van der Waals surface area contributed by atoms with E-state index >= 15 is 0 Å². The number of hydrogen-bond acceptors (Lipinski definition) is 2. The van der Waals surface area contributed by atoms with Crippen LogP contribution in [0.1, 0.15) is 0 Å². The molecule has 0 aromatic heterocycles. The van der Waals surface area contributed by atoms with Crippen LogP contribution in [0.3, 0.4) is 0 Å². The lowest BCUT2D eigenvalue weighted by molar-refractivity contribution is 0.599. The minimum absolute atomic E-state index is 0.480. The summed E-state index contributed by atoms with van der Waals surface area (Å²) in [5.74, 6) is 0. The molecule has 0 fully saturated rings. The zero-order chi connectivity index (χ0) is 4.28. The maximum absolute atomic E-state index is 6.17. The van der Waals surface area contributed by atoms with Crippen molar-refractivity contribution in [2.75, 3.05) is 0 Å². The molecule has 0 aromatic carbocycles. The van der Waals surface area contributed by atoms with Crippen molar-refractivity contribution in [2.45, 2.75) is 0 Å². The van der Waals surface area contributed by atoms with Crippen molar-refractivity contribution in [1.82, 2.24) is 0 Å². The van der Waals surface area contributed by atoms with E-state index in [0.717, 1.165) is 0 Å². The molecule has 0 radical (unpaired) electrons. The molecule has 0 aliphatic carbocycles. The van der Waals surface area contributed by atoms with E-state index in [4.69, 9.17) is 5.41 Å². The van der Waals surface area contributed by atoms with Crippen LogP contribution in [-0.2, 0) is 4.29 Å². The summed E-state index contributed by atoms with van der Waals surface area (Å²) in [5.41, 5.74) is 4.52. The molecular formula is CH3ClN2O. The Morgan fingerprint density at radius 3 is 2.20 bits per heavy atom. The van der Waals surface area contributed by atoms with Crippen LogP contribution in [0.25, 0.3) is 0 Å². The second-order valence-electron chi connectivity index (χ2n) is 0.441. The molecule has 0 aliphatic heterocycles. The number of halogens is 1. The first-order valence-corrected chi connectivity index (χ1v) is 1.21. The van der Waals surface area contributed by atoms with E-state index < -0.39 is 6.02 Å². The molecule has 0 spiro atoms. The van der Waals surface area contributed by atoms with Crippen LogP contribution >= 0.6 is 11.9 Å². The summed E-state index contributed by atoms with van der Waals surface area (Å²) in [5, 5.41) is 6.17. The van der Waals surface area contributed by atoms with Crippen molar-refractivity contribution in [3.8, 4) is 0 Å². The summed E-state index contributed by atoms with van der Waals surface area (Å²) in [4.78, 5) is 0. The summed E-state index contributed by atoms with van der Waals surface area (Å²) in [6.07, 6.45) is 0. The van der Waals surface area contributed by atoms with Crippen molar-refractivity contribution in [3.05, 3.63) is 0 Å². The first kappa shape index (κ1) is 4.56. The maximum Gasteiger partial charge on any atom is 0.299 e. The summed E-state index contributed by atoms with van der Waals surface area (Å²) in [6.45, 7) is 0. The van der Waals surface area contributed by atoms with E-state index in [9.17, 15) is 0 Å². The third-order valence-electron chi connectivity index (χ3n) is 0.0831. The van der Waals surface area contributed by atoms with Crippen LogP contribution in [0.2, 0.25) is 0 Å². The highest BCUT2D eigenvalue weighted by Crippen LogP contribution is 1.70. The maximum atomic E-state index is 6.17. The van der Waals surface area contributed by atoms with Gasteiger partial charge in [-0.2, -0.15) is 0 Å². The van der Waals surface area contributed by atoms with E-state index in [2.05, 4.69) is 21.9 Å². The molecule has 4 heteroatoms. The minimum Gasteiger partial charge on any atom is -0.353 e. The molecule has 30 valence electrons. The van der Waals surface area contributed by atoms with Crippen LogP contribution in [0, 0.1) is 5.41 Å². The molecule has 0 bridgehead atoms. The standard InChI is InChI=1S/CH3ClN2O/c2-5-1(3)4/h(H3,3,4). The predicted octanol–water partition coefficient (Wildman–Crippen LogP) is 0.0503. The number of rotatable bonds is 0. The molecule has 0 rings (SSSR count). The molecule has 3 N–H and O–H groups in total. The highest BCUT2D eigenvalue weighted by Gasteiger charge is 1.73. The van der Waals surface area contributed by atoms with E-state index in [1.807, 2.05) is 0 Å². The quantitative estimate of drug-likeness (QED) is 0.329. The molecule has 5 heavy (non-hydrogen) atoms. The number of hydrogen-bond donors (Lipinski definition) is 2. The van der Waals surface area contributed by atoms with Gasteiger partial charge in [-0.05, 0) is 0 Å². The fourth-order valence-electron chi connectivity index (χ4n) is 0. The molecule has 0 aliphatic rings. The average Bonchev–Trinajstić information content (AvgIpc) is 1.38. The monoisotopic (exact) mass is 94.0 g/mol. The van der Waals surface area contributed by atoms with Gasteiger partial charge in [-0.25, -0.2) is 0 Å². The van der Waals surface area contributed by atoms with Crippen molar-refractivity contribution in [2.24, 2.45) is 5.73 Å². The Bertz CT molecular complexity index is 44.9. The van der Waals surface area contributed by atoms with Gasteiger partial charge in [-0.3, -0.25) is 5.41 Å². The van der Waals surface area contributed by atoms with Gasteiger partial charge in [0.15, 0.2) is 0 Å². The Morgan fingerprint density at radius 1 is 2.00 bits per heavy atom. The van der Waals surface area contributed by atoms with Crippen LogP contribution in [0.5, 0.6) is 0 Å². The van der Waals surface area contributed by atoms with E-state index in [-0.39, 0.29) is 0 Å². The van der Waals surface area contributed by atoms with Gasteiger partial charge in [0.1, 0.15) is 11.9 Å². The van der Waals surface area contributed by atoms with E-state index in [1.165, 1.54) is 0 Å². The predicted molar refractivity (Wildman–Crippen MR) is 18.9 cm³/mol. The topological polar surface area (TPSA) is 59.1 Å². The molecule has 0 saturated heterocycles. The van der Waals surface area contributed by atoms with E-state index in [0.29, 0.717) is 0 Å². The van der Waals surface area contributed by atoms with Crippen molar-refractivity contribution >= 4 is 17.9 Å². The summed E-state index contributed by atoms with van der Waals surface area (Å²) in [7, 11) is 0.